The molecule has 0 nitrogen and oxygen atoms in total. The Kier molecular flexibility index (Phi) is 7.54. The minimum atomic E-state index is 0. The van der Waals surface area contributed by atoms with Gasteiger partial charge in [0.05, 0.1) is 0 Å². The fraction of sp³-hybridized carbons (Fsp3) is 0.632. The van der Waals surface area contributed by atoms with E-state index in [4.69, 9.17) is 11.6 Å². The normalized spacial score (nSPS) is 13.4. The molecular formula is C19H29ClLiP. The van der Waals surface area contributed by atoms with Crippen LogP contribution in [0.2, 0.25) is 0 Å². The van der Waals surface area contributed by atoms with Crippen molar-refractivity contribution in [1.29, 1.82) is 0 Å². The van der Waals surface area contributed by atoms with Crippen LogP contribution in [0.5, 0.6) is 0 Å². The number of halogens is 1. The van der Waals surface area contributed by atoms with Gasteiger partial charge in [-0.25, -0.2) is 0 Å². The van der Waals surface area contributed by atoms with Crippen LogP contribution >= 0.6 is 19.8 Å². The molecule has 22 heavy (non-hydrogen) atoms. The molecule has 1 aromatic rings. The summed E-state index contributed by atoms with van der Waals surface area (Å²) in [6.45, 7) is 20.5. The van der Waals surface area contributed by atoms with Crippen molar-refractivity contribution in [3.05, 3.63) is 28.8 Å². The van der Waals surface area contributed by atoms with Crippen molar-refractivity contribution in [2.75, 3.05) is 0 Å². The molecule has 118 valence electrons. The maximum Gasteiger partial charge on any atom is 1.00 e. The van der Waals surface area contributed by atoms with E-state index in [1.165, 1.54) is 22.0 Å². The van der Waals surface area contributed by atoms with Crippen molar-refractivity contribution in [3.63, 3.8) is 0 Å². The van der Waals surface area contributed by atoms with Crippen LogP contribution in [0.4, 0.5) is 0 Å². The summed E-state index contributed by atoms with van der Waals surface area (Å²) in [6, 6.07) is 4.73. The van der Waals surface area contributed by atoms with Gasteiger partial charge in [-0.3, -0.25) is 8.20 Å². The van der Waals surface area contributed by atoms with Crippen molar-refractivity contribution >= 4 is 30.4 Å². The summed E-state index contributed by atoms with van der Waals surface area (Å²) in [5, 5.41) is 4.13. The van der Waals surface area contributed by atoms with Crippen LogP contribution in [0.3, 0.4) is 0 Å². The fourth-order valence-electron chi connectivity index (χ4n) is 2.37. The number of hydrogen-bond acceptors (Lipinski definition) is 0. The third kappa shape index (κ3) is 5.42. The zero-order valence-corrected chi connectivity index (χ0v) is 17.6. The van der Waals surface area contributed by atoms with E-state index in [-0.39, 0.29) is 35.1 Å². The van der Waals surface area contributed by atoms with Crippen molar-refractivity contribution in [2.24, 2.45) is 0 Å². The summed E-state index contributed by atoms with van der Waals surface area (Å²) >= 11 is 5.85. The monoisotopic (exact) mass is 330 g/mol. The predicted molar refractivity (Wildman–Crippen MR) is 100.0 cm³/mol. The second-order valence-electron chi connectivity index (χ2n) is 8.87. The van der Waals surface area contributed by atoms with Crippen molar-refractivity contribution < 1.29 is 18.9 Å². The Bertz CT molecular complexity index is 505. The average molecular weight is 331 g/mol. The second-order valence-corrected chi connectivity index (χ2v) is 10.2. The van der Waals surface area contributed by atoms with E-state index in [0.29, 0.717) is 0 Å². The Hall–Kier alpha value is 0.277. The van der Waals surface area contributed by atoms with E-state index in [1.807, 2.05) is 0 Å². The van der Waals surface area contributed by atoms with Crippen molar-refractivity contribution in [1.82, 2.24) is 0 Å². The third-order valence-corrected chi connectivity index (χ3v) is 4.79. The molecule has 0 saturated heterocycles. The van der Waals surface area contributed by atoms with Crippen LogP contribution in [0.1, 0.15) is 79.0 Å². The van der Waals surface area contributed by atoms with E-state index in [0.717, 1.165) is 8.20 Å². The molecule has 3 heteroatoms. The first kappa shape index (κ1) is 22.3. The first-order valence-electron chi connectivity index (χ1n) is 7.54. The van der Waals surface area contributed by atoms with Crippen molar-refractivity contribution in [2.45, 2.75) is 78.6 Å². The summed E-state index contributed by atoms with van der Waals surface area (Å²) < 4.78 is 0. The van der Waals surface area contributed by atoms with Gasteiger partial charge in [0, 0.05) is 0 Å². The SMILES string of the molecule is CC(C)(C)c1cc(C(C)(C)C)c(P=[C-]Cl)c(C(C)(C)C)c1.[Li+]. The molecule has 0 unspecified atom stereocenters. The van der Waals surface area contributed by atoms with Crippen LogP contribution in [-0.4, -0.2) is 5.26 Å². The second kappa shape index (κ2) is 7.45. The largest absolute Gasteiger partial charge is 1.00 e. The third-order valence-electron chi connectivity index (χ3n) is 3.75. The number of benzene rings is 1. The minimum absolute atomic E-state index is 0. The van der Waals surface area contributed by atoms with E-state index in [2.05, 4.69) is 79.7 Å². The first-order chi connectivity index (χ1) is 9.28. The molecule has 0 aliphatic rings. The van der Waals surface area contributed by atoms with Crippen LogP contribution in [0.25, 0.3) is 0 Å². The molecule has 0 heterocycles. The van der Waals surface area contributed by atoms with E-state index >= 15 is 0 Å². The van der Waals surface area contributed by atoms with Gasteiger partial charge in [0.25, 0.3) is 0 Å². The maximum absolute atomic E-state index is 5.85. The molecule has 0 fully saturated rings. The Balaban J connectivity index is 0.00000441. The zero-order valence-electron chi connectivity index (χ0n) is 16.0. The van der Waals surface area contributed by atoms with Gasteiger partial charge in [0.2, 0.25) is 0 Å². The predicted octanol–water partition coefficient (Wildman–Crippen LogP) is 3.03. The van der Waals surface area contributed by atoms with Crippen molar-refractivity contribution in [3.8, 4) is 0 Å². The van der Waals surface area contributed by atoms with E-state index < -0.39 is 0 Å². The van der Waals surface area contributed by atoms with Crippen LogP contribution in [-0.2, 0) is 16.2 Å². The van der Waals surface area contributed by atoms with Gasteiger partial charge in [-0.2, -0.15) is 0 Å². The maximum atomic E-state index is 5.85. The number of hydrogen-bond donors (Lipinski definition) is 0. The molecule has 0 radical (unpaired) electrons. The average Bonchev–Trinajstić information content (AvgIpc) is 2.24. The minimum Gasteiger partial charge on any atom is -0.364 e. The van der Waals surface area contributed by atoms with Gasteiger partial charge in [0.1, 0.15) is 0 Å². The molecule has 1 rings (SSSR count). The van der Waals surface area contributed by atoms with E-state index in [9.17, 15) is 0 Å². The Morgan fingerprint density at radius 3 is 1.36 bits per heavy atom. The van der Waals surface area contributed by atoms with Gasteiger partial charge in [0.15, 0.2) is 0 Å². The number of rotatable bonds is 1. The summed E-state index contributed by atoms with van der Waals surface area (Å²) in [5.74, 6) is 0. The fourth-order valence-corrected chi connectivity index (χ4v) is 3.75. The molecule has 0 aromatic heterocycles. The molecule has 0 aliphatic carbocycles. The van der Waals surface area contributed by atoms with Crippen LogP contribution in [0.15, 0.2) is 12.1 Å². The Morgan fingerprint density at radius 1 is 0.773 bits per heavy atom. The van der Waals surface area contributed by atoms with Crippen LogP contribution < -0.4 is 24.2 Å². The standard InChI is InChI=1S/C19H29ClP.Li/c1-17(2,3)13-10-14(18(4,5)6)16(21-12-20)15(11-13)19(7,8)9;/h10-11H,1-9H3;/q-1;+1. The van der Waals surface area contributed by atoms with Gasteiger partial charge in [-0.15, -0.1) is 0 Å². The summed E-state index contributed by atoms with van der Waals surface area (Å²) in [5.41, 5.74) is 4.49. The Labute approximate surface area is 156 Å². The molecule has 0 saturated carbocycles. The molecule has 0 atom stereocenters. The first-order valence-corrected chi connectivity index (χ1v) is 8.81. The van der Waals surface area contributed by atoms with Gasteiger partial charge in [-0.05, 0) is 38.2 Å². The van der Waals surface area contributed by atoms with Gasteiger partial charge < -0.3 is 16.9 Å². The van der Waals surface area contributed by atoms with Crippen LogP contribution in [0, 0.1) is 0 Å². The molecule has 0 N–H and O–H groups in total. The smallest absolute Gasteiger partial charge is 0.364 e. The molecule has 0 spiro atoms. The molecule has 0 aliphatic heterocycles. The summed E-state index contributed by atoms with van der Waals surface area (Å²) in [4.78, 5) is 0. The van der Waals surface area contributed by atoms with Gasteiger partial charge >= 0.3 is 18.9 Å². The topological polar surface area (TPSA) is 0 Å². The van der Waals surface area contributed by atoms with E-state index in [1.54, 1.807) is 0 Å². The quantitative estimate of drug-likeness (QED) is 0.422. The van der Waals surface area contributed by atoms with Gasteiger partial charge in [-0.1, -0.05) is 74.4 Å². The molecule has 0 bridgehead atoms. The molecule has 0 amide bonds. The zero-order chi connectivity index (χ0) is 16.6. The summed E-state index contributed by atoms with van der Waals surface area (Å²) in [7, 11) is 0.972. The molecule has 1 aromatic carbocycles. The summed E-state index contributed by atoms with van der Waals surface area (Å²) in [6.07, 6.45) is 0. The Morgan fingerprint density at radius 2 is 1.14 bits per heavy atom. The molecular weight excluding hydrogens is 302 g/mol.